The van der Waals surface area contributed by atoms with Crippen LogP contribution in [0.1, 0.15) is 51.5 Å². The first-order chi connectivity index (χ1) is 15.8. The highest BCUT2D eigenvalue weighted by molar-refractivity contribution is 5.97. The van der Waals surface area contributed by atoms with Crippen LogP contribution in [0.25, 0.3) is 11.0 Å². The fraction of sp³-hybridized carbons (Fsp3) is 0.310. The van der Waals surface area contributed by atoms with Gasteiger partial charge in [-0.2, -0.15) is 0 Å². The third kappa shape index (κ3) is 3.84. The number of amides is 1. The van der Waals surface area contributed by atoms with E-state index in [9.17, 15) is 4.79 Å². The Hall–Kier alpha value is -3.40. The second-order valence-electron chi connectivity index (χ2n) is 9.62. The quantitative estimate of drug-likeness (QED) is 0.384. The molecule has 1 atom stereocenters. The second-order valence-corrected chi connectivity index (χ2v) is 9.62. The molecule has 4 heteroatoms. The minimum atomic E-state index is 0.0656. The highest BCUT2D eigenvalue weighted by Crippen LogP contribution is 2.35. The molecule has 4 nitrogen and oxygen atoms in total. The lowest BCUT2D eigenvalue weighted by Crippen LogP contribution is -2.25. The average Bonchev–Trinajstić information content (AvgIpc) is 3.33. The van der Waals surface area contributed by atoms with Crippen molar-refractivity contribution in [1.82, 2.24) is 9.55 Å². The molecule has 0 N–H and O–H groups in total. The number of hydrogen-bond acceptors (Lipinski definition) is 2. The van der Waals surface area contributed by atoms with Gasteiger partial charge in [0.1, 0.15) is 5.82 Å². The molecule has 1 aliphatic rings. The summed E-state index contributed by atoms with van der Waals surface area (Å²) in [5.74, 6) is 1.25. The van der Waals surface area contributed by atoms with Crippen molar-refractivity contribution in [2.24, 2.45) is 0 Å². The molecule has 1 unspecified atom stereocenters. The predicted octanol–water partition coefficient (Wildman–Crippen LogP) is 6.15. The monoisotopic (exact) mass is 437 g/mol. The van der Waals surface area contributed by atoms with E-state index < -0.39 is 0 Å². The van der Waals surface area contributed by atoms with Gasteiger partial charge in [-0.15, -0.1) is 0 Å². The molecule has 0 radical (unpaired) electrons. The molecular formula is C29H31N3O. The van der Waals surface area contributed by atoms with Crippen LogP contribution >= 0.6 is 0 Å². The summed E-state index contributed by atoms with van der Waals surface area (Å²) in [6.45, 7) is 12.1. The number of carbonyl (C=O) groups is 1. The Morgan fingerprint density at radius 1 is 0.879 bits per heavy atom. The van der Waals surface area contributed by atoms with Gasteiger partial charge in [0.15, 0.2) is 0 Å². The van der Waals surface area contributed by atoms with Crippen molar-refractivity contribution < 1.29 is 4.79 Å². The van der Waals surface area contributed by atoms with E-state index >= 15 is 0 Å². The molecule has 2 heterocycles. The van der Waals surface area contributed by atoms with Crippen molar-refractivity contribution in [3.8, 4) is 0 Å². The summed E-state index contributed by atoms with van der Waals surface area (Å²) in [6, 6.07) is 19.2. The molecule has 1 aliphatic heterocycles. The maximum Gasteiger partial charge on any atom is 0.227 e. The van der Waals surface area contributed by atoms with Gasteiger partial charge in [-0.3, -0.25) is 4.79 Å². The van der Waals surface area contributed by atoms with Crippen molar-refractivity contribution in [3.05, 3.63) is 93.8 Å². The topological polar surface area (TPSA) is 38.1 Å². The molecule has 0 aliphatic carbocycles. The Balaban J connectivity index is 1.57. The number of fused-ring (bicyclic) bond motifs is 1. The summed E-state index contributed by atoms with van der Waals surface area (Å²) in [5.41, 5.74) is 10.7. The predicted molar refractivity (Wildman–Crippen MR) is 135 cm³/mol. The van der Waals surface area contributed by atoms with E-state index in [2.05, 4.69) is 87.7 Å². The highest BCUT2D eigenvalue weighted by Gasteiger charge is 2.35. The van der Waals surface area contributed by atoms with Crippen molar-refractivity contribution in [2.75, 3.05) is 11.4 Å². The fourth-order valence-electron chi connectivity index (χ4n) is 5.31. The lowest BCUT2D eigenvalue weighted by atomic mass is 9.99. The Bertz CT molecular complexity index is 1360. The van der Waals surface area contributed by atoms with E-state index in [1.807, 2.05) is 11.0 Å². The third-order valence-electron chi connectivity index (χ3n) is 6.99. The molecule has 5 rings (SSSR count). The Morgan fingerprint density at radius 2 is 1.61 bits per heavy atom. The first-order valence-electron chi connectivity index (χ1n) is 11.7. The molecule has 0 saturated carbocycles. The van der Waals surface area contributed by atoms with Gasteiger partial charge in [0.05, 0.1) is 11.0 Å². The lowest BCUT2D eigenvalue weighted by molar-refractivity contribution is -0.117. The van der Waals surface area contributed by atoms with Crippen LogP contribution in [0.4, 0.5) is 5.69 Å². The Morgan fingerprint density at radius 3 is 2.36 bits per heavy atom. The van der Waals surface area contributed by atoms with Crippen LogP contribution in [0.3, 0.4) is 0 Å². The van der Waals surface area contributed by atoms with E-state index in [1.165, 1.54) is 27.8 Å². The average molecular weight is 438 g/mol. The van der Waals surface area contributed by atoms with Crippen LogP contribution < -0.4 is 4.90 Å². The van der Waals surface area contributed by atoms with Gasteiger partial charge in [-0.25, -0.2) is 4.98 Å². The number of carbonyl (C=O) groups excluding carboxylic acids is 1. The van der Waals surface area contributed by atoms with Crippen LogP contribution in [0.2, 0.25) is 0 Å². The summed E-state index contributed by atoms with van der Waals surface area (Å²) >= 11 is 0. The van der Waals surface area contributed by atoms with E-state index in [0.29, 0.717) is 13.0 Å². The van der Waals surface area contributed by atoms with E-state index in [0.717, 1.165) is 34.7 Å². The van der Waals surface area contributed by atoms with E-state index in [4.69, 9.17) is 4.98 Å². The third-order valence-corrected chi connectivity index (χ3v) is 6.99. The molecule has 1 aromatic heterocycles. The summed E-state index contributed by atoms with van der Waals surface area (Å²) in [5, 5.41) is 0. The van der Waals surface area contributed by atoms with Gasteiger partial charge in [0.25, 0.3) is 0 Å². The van der Waals surface area contributed by atoms with Gasteiger partial charge in [0, 0.05) is 31.1 Å². The molecule has 168 valence electrons. The summed E-state index contributed by atoms with van der Waals surface area (Å²) < 4.78 is 2.34. The number of aromatic nitrogens is 2. The highest BCUT2D eigenvalue weighted by atomic mass is 16.2. The van der Waals surface area contributed by atoms with Gasteiger partial charge in [-0.05, 0) is 80.6 Å². The maximum atomic E-state index is 13.1. The van der Waals surface area contributed by atoms with Crippen molar-refractivity contribution in [2.45, 2.75) is 53.5 Å². The van der Waals surface area contributed by atoms with Crippen LogP contribution in [0, 0.1) is 34.6 Å². The number of anilines is 1. The Kier molecular flexibility index (Phi) is 5.32. The zero-order valence-electron chi connectivity index (χ0n) is 20.1. The molecule has 0 spiro atoms. The fourth-order valence-corrected chi connectivity index (χ4v) is 5.31. The van der Waals surface area contributed by atoms with Gasteiger partial charge >= 0.3 is 0 Å². The van der Waals surface area contributed by atoms with Crippen molar-refractivity contribution in [1.29, 1.82) is 0 Å². The number of hydrogen-bond donors (Lipinski definition) is 0. The number of rotatable bonds is 4. The van der Waals surface area contributed by atoms with Gasteiger partial charge in [-0.1, -0.05) is 42.0 Å². The van der Waals surface area contributed by atoms with Crippen LogP contribution in [0.5, 0.6) is 0 Å². The number of imidazole rings is 1. The van der Waals surface area contributed by atoms with Crippen molar-refractivity contribution >= 4 is 22.6 Å². The van der Waals surface area contributed by atoms with Crippen LogP contribution in [-0.4, -0.2) is 22.0 Å². The van der Waals surface area contributed by atoms with Gasteiger partial charge in [0.2, 0.25) is 5.91 Å². The molecule has 1 fully saturated rings. The number of benzene rings is 3. The molecule has 1 saturated heterocycles. The van der Waals surface area contributed by atoms with E-state index in [-0.39, 0.29) is 11.8 Å². The molecule has 4 aromatic rings. The SMILES string of the molecule is Cc1cc(C)c(Cn2c(C3CC(=O)N(c4cc(C)ccc4C)C3)nc3ccccc32)c(C)c1. The maximum absolute atomic E-state index is 13.1. The minimum Gasteiger partial charge on any atom is -0.323 e. The van der Waals surface area contributed by atoms with Crippen molar-refractivity contribution in [3.63, 3.8) is 0 Å². The smallest absolute Gasteiger partial charge is 0.227 e. The standard InChI is InChI=1S/C29H31N3O/c1-18-10-11-20(3)27(14-18)31-16-23(15-28(31)33)29-30-25-8-6-7-9-26(25)32(29)17-24-21(4)12-19(2)13-22(24)5/h6-14,23H,15-17H2,1-5H3. The molecule has 1 amide bonds. The minimum absolute atomic E-state index is 0.0656. The lowest BCUT2D eigenvalue weighted by Gasteiger charge is -2.20. The molecule has 3 aromatic carbocycles. The zero-order chi connectivity index (χ0) is 23.3. The first kappa shape index (κ1) is 21.4. The second kappa shape index (κ2) is 8.18. The number of nitrogens with zero attached hydrogens (tertiary/aromatic N) is 3. The number of para-hydroxylation sites is 2. The molecular weight excluding hydrogens is 406 g/mol. The molecule has 33 heavy (non-hydrogen) atoms. The zero-order valence-corrected chi connectivity index (χ0v) is 20.1. The summed E-state index contributed by atoms with van der Waals surface area (Å²) in [4.78, 5) is 20.2. The summed E-state index contributed by atoms with van der Waals surface area (Å²) in [6.07, 6.45) is 0.489. The Labute approximate surface area is 195 Å². The van der Waals surface area contributed by atoms with Crippen LogP contribution in [0.15, 0.2) is 54.6 Å². The first-order valence-corrected chi connectivity index (χ1v) is 11.7. The van der Waals surface area contributed by atoms with E-state index in [1.54, 1.807) is 0 Å². The number of aryl methyl sites for hydroxylation is 5. The largest absolute Gasteiger partial charge is 0.323 e. The normalized spacial score (nSPS) is 16.2. The van der Waals surface area contributed by atoms with Gasteiger partial charge < -0.3 is 9.47 Å². The molecule has 0 bridgehead atoms. The summed E-state index contributed by atoms with van der Waals surface area (Å²) in [7, 11) is 0. The van der Waals surface area contributed by atoms with Crippen LogP contribution in [-0.2, 0) is 11.3 Å².